The minimum absolute atomic E-state index is 0.0669. The van der Waals surface area contributed by atoms with Crippen molar-refractivity contribution < 1.29 is 4.79 Å². The number of nitrogens with zero attached hydrogens (tertiary/aromatic N) is 2. The van der Waals surface area contributed by atoms with E-state index in [2.05, 4.69) is 4.99 Å². The van der Waals surface area contributed by atoms with Crippen molar-refractivity contribution in [1.29, 1.82) is 0 Å². The molecular formula is C10H17N2O2-. The minimum atomic E-state index is -0.452. The average molecular weight is 197 g/mol. The molecule has 0 atom stereocenters. The standard InChI is InChI=1S/C10H17N2O2/c1-9(2)5-8(11-7-13)6-10(3,4)12(9)14/h8H,5-6H2,1-4H3/q-1. The van der Waals surface area contributed by atoms with Gasteiger partial charge in [-0.05, 0) is 40.5 Å². The molecule has 0 aliphatic carbocycles. The fourth-order valence-electron chi connectivity index (χ4n) is 2.38. The van der Waals surface area contributed by atoms with Crippen LogP contribution in [-0.4, -0.2) is 28.3 Å². The second-order valence-corrected chi connectivity index (χ2v) is 5.20. The van der Waals surface area contributed by atoms with Crippen LogP contribution in [0.3, 0.4) is 0 Å². The third kappa shape index (κ3) is 2.03. The van der Waals surface area contributed by atoms with Crippen molar-refractivity contribution in [2.45, 2.75) is 57.7 Å². The Hall–Kier alpha value is -0.700. The molecule has 0 radical (unpaired) electrons. The fraction of sp³-hybridized carbons (Fsp3) is 0.900. The maximum atomic E-state index is 11.9. The molecule has 0 aromatic carbocycles. The van der Waals surface area contributed by atoms with Gasteiger partial charge in [-0.2, -0.15) is 0 Å². The molecule has 1 fully saturated rings. The Bertz CT molecular complexity index is 249. The van der Waals surface area contributed by atoms with Crippen LogP contribution >= 0.6 is 0 Å². The second-order valence-electron chi connectivity index (χ2n) is 5.20. The highest BCUT2D eigenvalue weighted by molar-refractivity contribution is 5.34. The molecule has 0 N–H and O–H groups in total. The van der Waals surface area contributed by atoms with E-state index in [0.717, 1.165) is 5.06 Å². The van der Waals surface area contributed by atoms with Crippen molar-refractivity contribution in [3.05, 3.63) is 5.21 Å². The Morgan fingerprint density at radius 3 is 2.07 bits per heavy atom. The van der Waals surface area contributed by atoms with E-state index in [1.807, 2.05) is 27.7 Å². The number of piperidine rings is 1. The maximum absolute atomic E-state index is 11.9. The Kier molecular flexibility index (Phi) is 2.81. The molecule has 80 valence electrons. The summed E-state index contributed by atoms with van der Waals surface area (Å²) in [5.74, 6) is 0. The van der Waals surface area contributed by atoms with Crippen molar-refractivity contribution in [2.24, 2.45) is 4.99 Å². The summed E-state index contributed by atoms with van der Waals surface area (Å²) in [5.41, 5.74) is -0.903. The van der Waals surface area contributed by atoms with Gasteiger partial charge in [0.2, 0.25) is 6.08 Å². The van der Waals surface area contributed by atoms with Gasteiger partial charge < -0.3 is 10.3 Å². The molecular weight excluding hydrogens is 180 g/mol. The van der Waals surface area contributed by atoms with Gasteiger partial charge in [0.25, 0.3) is 0 Å². The van der Waals surface area contributed by atoms with Crippen molar-refractivity contribution in [1.82, 2.24) is 5.06 Å². The van der Waals surface area contributed by atoms with Gasteiger partial charge in [-0.25, -0.2) is 9.79 Å². The van der Waals surface area contributed by atoms with Crippen LogP contribution < -0.4 is 0 Å². The molecule has 1 aliphatic rings. The fourth-order valence-corrected chi connectivity index (χ4v) is 2.38. The molecule has 1 aliphatic heterocycles. The number of isocyanates is 1. The number of rotatable bonds is 1. The molecule has 0 amide bonds. The Morgan fingerprint density at radius 1 is 1.29 bits per heavy atom. The van der Waals surface area contributed by atoms with E-state index in [4.69, 9.17) is 0 Å². The van der Waals surface area contributed by atoms with E-state index in [0.29, 0.717) is 12.8 Å². The zero-order chi connectivity index (χ0) is 11.0. The van der Waals surface area contributed by atoms with Gasteiger partial charge in [0, 0.05) is 11.1 Å². The van der Waals surface area contributed by atoms with E-state index in [9.17, 15) is 10.0 Å². The maximum Gasteiger partial charge on any atom is 0.235 e. The van der Waals surface area contributed by atoms with Gasteiger partial charge in [0.15, 0.2) is 0 Å². The molecule has 0 bridgehead atoms. The lowest BCUT2D eigenvalue weighted by molar-refractivity contribution is 0.00984. The summed E-state index contributed by atoms with van der Waals surface area (Å²) in [6, 6.07) is -0.0669. The molecule has 4 heteroatoms. The lowest BCUT2D eigenvalue weighted by Crippen LogP contribution is -2.58. The summed E-state index contributed by atoms with van der Waals surface area (Å²) >= 11 is 0. The Balaban J connectivity index is 2.91. The Morgan fingerprint density at radius 2 is 1.71 bits per heavy atom. The quantitative estimate of drug-likeness (QED) is 0.476. The molecule has 0 aromatic rings. The lowest BCUT2D eigenvalue weighted by Gasteiger charge is -2.59. The third-order valence-electron chi connectivity index (χ3n) is 2.81. The van der Waals surface area contributed by atoms with Gasteiger partial charge >= 0.3 is 0 Å². The summed E-state index contributed by atoms with van der Waals surface area (Å²) < 4.78 is 0. The predicted molar refractivity (Wildman–Crippen MR) is 54.5 cm³/mol. The summed E-state index contributed by atoms with van der Waals surface area (Å²) in [6.07, 6.45) is 2.82. The van der Waals surface area contributed by atoms with Crippen LogP contribution in [0.15, 0.2) is 4.99 Å². The van der Waals surface area contributed by atoms with E-state index >= 15 is 0 Å². The SMILES string of the molecule is CC1(C)CC(N=C=O)CC(C)(C)N1[O-]. The highest BCUT2D eigenvalue weighted by Crippen LogP contribution is 2.38. The molecule has 4 nitrogen and oxygen atoms in total. The van der Waals surface area contributed by atoms with Crippen molar-refractivity contribution in [3.8, 4) is 0 Å². The summed E-state index contributed by atoms with van der Waals surface area (Å²) in [5, 5.41) is 13.0. The van der Waals surface area contributed by atoms with Crippen LogP contribution in [0.5, 0.6) is 0 Å². The number of hydroxylamine groups is 2. The van der Waals surface area contributed by atoms with E-state index < -0.39 is 11.1 Å². The monoisotopic (exact) mass is 197 g/mol. The van der Waals surface area contributed by atoms with Crippen LogP contribution in [0.4, 0.5) is 0 Å². The summed E-state index contributed by atoms with van der Waals surface area (Å²) in [4.78, 5) is 13.9. The first-order chi connectivity index (χ1) is 6.29. The smallest absolute Gasteiger partial charge is 0.235 e. The van der Waals surface area contributed by atoms with Crippen LogP contribution in [0.1, 0.15) is 40.5 Å². The predicted octanol–water partition coefficient (Wildman–Crippen LogP) is 1.84. The third-order valence-corrected chi connectivity index (χ3v) is 2.81. The molecule has 1 rings (SSSR count). The topological polar surface area (TPSA) is 55.7 Å². The van der Waals surface area contributed by atoms with Gasteiger partial charge in [0.05, 0.1) is 6.04 Å². The Labute approximate surface area is 84.6 Å². The molecule has 0 spiro atoms. The number of aliphatic imine (C=N–C) groups is 1. The molecule has 0 saturated carbocycles. The van der Waals surface area contributed by atoms with Crippen LogP contribution in [0, 0.1) is 5.21 Å². The normalized spacial score (nSPS) is 26.9. The second kappa shape index (κ2) is 3.46. The molecule has 0 aromatic heterocycles. The van der Waals surface area contributed by atoms with E-state index in [-0.39, 0.29) is 6.04 Å². The van der Waals surface area contributed by atoms with Crippen LogP contribution in [0.2, 0.25) is 0 Å². The molecule has 0 unspecified atom stereocenters. The van der Waals surface area contributed by atoms with Gasteiger partial charge in [-0.15, -0.1) is 0 Å². The van der Waals surface area contributed by atoms with Crippen molar-refractivity contribution in [2.75, 3.05) is 0 Å². The highest BCUT2D eigenvalue weighted by atomic mass is 16.5. The van der Waals surface area contributed by atoms with E-state index in [1.54, 1.807) is 6.08 Å². The van der Waals surface area contributed by atoms with Crippen molar-refractivity contribution >= 4 is 6.08 Å². The van der Waals surface area contributed by atoms with Gasteiger partial charge in [-0.1, -0.05) is 0 Å². The van der Waals surface area contributed by atoms with Crippen molar-refractivity contribution in [3.63, 3.8) is 0 Å². The minimum Gasteiger partial charge on any atom is -0.784 e. The zero-order valence-corrected chi connectivity index (χ0v) is 9.20. The van der Waals surface area contributed by atoms with Gasteiger partial charge in [0.1, 0.15) is 0 Å². The largest absolute Gasteiger partial charge is 0.784 e. The average Bonchev–Trinajstić information content (AvgIpc) is 1.99. The van der Waals surface area contributed by atoms with Crippen LogP contribution in [-0.2, 0) is 4.79 Å². The first-order valence-corrected chi connectivity index (χ1v) is 4.84. The van der Waals surface area contributed by atoms with Gasteiger partial charge in [-0.3, -0.25) is 0 Å². The first kappa shape index (κ1) is 11.4. The number of hydrogen-bond donors (Lipinski definition) is 0. The highest BCUT2D eigenvalue weighted by Gasteiger charge is 2.39. The molecule has 1 saturated heterocycles. The lowest BCUT2D eigenvalue weighted by atomic mass is 9.79. The van der Waals surface area contributed by atoms with E-state index in [1.165, 1.54) is 0 Å². The number of carbonyl (C=O) groups excluding carboxylic acids is 1. The zero-order valence-electron chi connectivity index (χ0n) is 9.20. The summed E-state index contributed by atoms with van der Waals surface area (Å²) in [7, 11) is 0. The number of hydrogen-bond acceptors (Lipinski definition) is 4. The molecule has 1 heterocycles. The first-order valence-electron chi connectivity index (χ1n) is 4.84. The van der Waals surface area contributed by atoms with Crippen LogP contribution in [0.25, 0.3) is 0 Å². The summed E-state index contributed by atoms with van der Waals surface area (Å²) in [6.45, 7) is 7.53. The molecule has 14 heavy (non-hydrogen) atoms.